The summed E-state index contributed by atoms with van der Waals surface area (Å²) < 4.78 is 4.81. The Morgan fingerprint density at radius 3 is 2.67 bits per heavy atom. The first-order valence-electron chi connectivity index (χ1n) is 3.91. The first kappa shape index (κ1) is 9.19. The van der Waals surface area contributed by atoms with Crippen LogP contribution in [-0.4, -0.2) is 29.1 Å². The van der Waals surface area contributed by atoms with Crippen LogP contribution in [0, 0.1) is 5.92 Å². The van der Waals surface area contributed by atoms with Gasteiger partial charge >= 0.3 is 5.97 Å². The molecule has 0 aliphatic carbocycles. The third kappa shape index (κ3) is 1.64. The van der Waals surface area contributed by atoms with E-state index >= 15 is 0 Å². The van der Waals surface area contributed by atoms with Gasteiger partial charge in [0.05, 0.1) is 6.10 Å². The second kappa shape index (κ2) is 3.23. The van der Waals surface area contributed by atoms with Crippen LogP contribution >= 0.6 is 0 Å². The molecule has 1 heterocycles. The molecule has 1 fully saturated rings. The number of rotatable bonds is 1. The quantitative estimate of drug-likeness (QED) is 0.442. The van der Waals surface area contributed by atoms with Gasteiger partial charge in [-0.15, -0.1) is 0 Å². The number of ketones is 1. The van der Waals surface area contributed by atoms with Crippen molar-refractivity contribution in [2.45, 2.75) is 32.5 Å². The van der Waals surface area contributed by atoms with E-state index in [0.717, 1.165) is 0 Å². The van der Waals surface area contributed by atoms with Crippen molar-refractivity contribution in [2.24, 2.45) is 5.92 Å². The fourth-order valence-electron chi connectivity index (χ4n) is 1.39. The van der Waals surface area contributed by atoms with Gasteiger partial charge in [-0.05, 0) is 13.8 Å². The van der Waals surface area contributed by atoms with Crippen molar-refractivity contribution in [3.63, 3.8) is 0 Å². The van der Waals surface area contributed by atoms with Crippen LogP contribution in [0.25, 0.3) is 0 Å². The Morgan fingerprint density at radius 2 is 2.25 bits per heavy atom. The third-order valence-electron chi connectivity index (χ3n) is 1.97. The van der Waals surface area contributed by atoms with Crippen molar-refractivity contribution < 1.29 is 19.4 Å². The summed E-state index contributed by atoms with van der Waals surface area (Å²) >= 11 is 0. The lowest BCUT2D eigenvalue weighted by Gasteiger charge is -2.28. The van der Waals surface area contributed by atoms with E-state index in [1.165, 1.54) is 6.92 Å². The lowest BCUT2D eigenvalue weighted by atomic mass is 9.92. The zero-order chi connectivity index (χ0) is 9.30. The molecule has 3 atom stereocenters. The molecule has 3 unspecified atom stereocenters. The maximum atomic E-state index is 11.1. The van der Waals surface area contributed by atoms with Crippen molar-refractivity contribution in [3.05, 3.63) is 0 Å². The largest absolute Gasteiger partial charge is 0.462 e. The molecule has 0 bridgehead atoms. The normalized spacial score (nSPS) is 35.9. The molecule has 1 aliphatic heterocycles. The molecule has 1 aliphatic rings. The van der Waals surface area contributed by atoms with E-state index in [1.807, 2.05) is 0 Å². The minimum absolute atomic E-state index is 0.289. The summed E-state index contributed by atoms with van der Waals surface area (Å²) in [5, 5.41) is 9.36. The minimum Gasteiger partial charge on any atom is -0.462 e. The lowest BCUT2D eigenvalue weighted by molar-refractivity contribution is -0.170. The van der Waals surface area contributed by atoms with E-state index in [4.69, 9.17) is 4.74 Å². The Balaban J connectivity index is 2.73. The highest BCUT2D eigenvalue weighted by Crippen LogP contribution is 2.21. The topological polar surface area (TPSA) is 63.6 Å². The number of esters is 1. The Labute approximate surface area is 70.5 Å². The highest BCUT2D eigenvalue weighted by atomic mass is 16.5. The van der Waals surface area contributed by atoms with Crippen molar-refractivity contribution in [3.8, 4) is 0 Å². The van der Waals surface area contributed by atoms with Gasteiger partial charge in [-0.3, -0.25) is 9.59 Å². The number of carbonyl (C=O) groups excluding carboxylic acids is 2. The molecule has 1 rings (SSSR count). The highest BCUT2D eigenvalue weighted by Gasteiger charge is 2.38. The van der Waals surface area contributed by atoms with Crippen LogP contribution in [0.1, 0.15) is 20.3 Å². The summed E-state index contributed by atoms with van der Waals surface area (Å²) in [6.45, 7) is 2.97. The van der Waals surface area contributed by atoms with Crippen LogP contribution in [0.4, 0.5) is 0 Å². The maximum absolute atomic E-state index is 11.1. The minimum atomic E-state index is -0.971. The highest BCUT2D eigenvalue weighted by molar-refractivity contribution is 5.98. The monoisotopic (exact) mass is 172 g/mol. The number of aliphatic hydroxyl groups excluding tert-OH is 1. The van der Waals surface area contributed by atoms with Crippen molar-refractivity contribution in [1.29, 1.82) is 0 Å². The molecular weight excluding hydrogens is 160 g/mol. The van der Waals surface area contributed by atoms with Crippen LogP contribution in [0.5, 0.6) is 0 Å². The van der Waals surface area contributed by atoms with E-state index in [-0.39, 0.29) is 11.9 Å². The van der Waals surface area contributed by atoms with Crippen LogP contribution in [0.3, 0.4) is 0 Å². The molecule has 1 saturated heterocycles. The average Bonchev–Trinajstić information content (AvgIpc) is 1.82. The van der Waals surface area contributed by atoms with Gasteiger partial charge in [-0.25, -0.2) is 0 Å². The van der Waals surface area contributed by atoms with Gasteiger partial charge in [-0.2, -0.15) is 0 Å². The molecule has 0 aromatic carbocycles. The van der Waals surface area contributed by atoms with Crippen LogP contribution in [0.2, 0.25) is 0 Å². The SMILES string of the molecule is CC(=O)C1C(=O)OC(C)CC1O. The smallest absolute Gasteiger partial charge is 0.319 e. The third-order valence-corrected chi connectivity index (χ3v) is 1.97. The Bertz CT molecular complexity index is 211. The van der Waals surface area contributed by atoms with Gasteiger partial charge in [-0.1, -0.05) is 0 Å². The Morgan fingerprint density at radius 1 is 1.67 bits per heavy atom. The number of hydrogen-bond acceptors (Lipinski definition) is 4. The zero-order valence-corrected chi connectivity index (χ0v) is 7.11. The summed E-state index contributed by atoms with van der Waals surface area (Å²) in [6, 6.07) is 0. The molecule has 0 radical (unpaired) electrons. The van der Waals surface area contributed by atoms with Crippen LogP contribution in [0.15, 0.2) is 0 Å². The van der Waals surface area contributed by atoms with Gasteiger partial charge in [0.1, 0.15) is 17.8 Å². The van der Waals surface area contributed by atoms with Gasteiger partial charge < -0.3 is 9.84 Å². The van der Waals surface area contributed by atoms with Gasteiger partial charge in [0.2, 0.25) is 0 Å². The second-order valence-corrected chi connectivity index (χ2v) is 3.14. The van der Waals surface area contributed by atoms with E-state index in [1.54, 1.807) is 6.92 Å². The summed E-state index contributed by atoms with van der Waals surface area (Å²) in [7, 11) is 0. The first-order chi connectivity index (χ1) is 5.52. The lowest BCUT2D eigenvalue weighted by Crippen LogP contribution is -2.43. The number of hydrogen-bond donors (Lipinski definition) is 1. The zero-order valence-electron chi connectivity index (χ0n) is 7.11. The first-order valence-corrected chi connectivity index (χ1v) is 3.91. The molecule has 4 nitrogen and oxygen atoms in total. The molecule has 0 aromatic rings. The summed E-state index contributed by atoms with van der Waals surface area (Å²) in [5.41, 5.74) is 0. The number of ether oxygens (including phenoxy) is 1. The second-order valence-electron chi connectivity index (χ2n) is 3.14. The van der Waals surface area contributed by atoms with E-state index in [2.05, 4.69) is 0 Å². The summed E-state index contributed by atoms with van der Waals surface area (Å²) in [4.78, 5) is 21.9. The molecule has 0 aromatic heterocycles. The molecule has 0 amide bonds. The van der Waals surface area contributed by atoms with Gasteiger partial charge in [0.15, 0.2) is 0 Å². The standard InChI is InChI=1S/C8H12O4/c1-4-3-6(10)7(5(2)9)8(11)12-4/h4,6-7,10H,3H2,1-2H3. The van der Waals surface area contributed by atoms with Crippen molar-refractivity contribution in [1.82, 2.24) is 0 Å². The van der Waals surface area contributed by atoms with Crippen LogP contribution in [-0.2, 0) is 14.3 Å². The average molecular weight is 172 g/mol. The number of aliphatic hydroxyl groups is 1. The Kier molecular flexibility index (Phi) is 2.47. The maximum Gasteiger partial charge on any atom is 0.319 e. The molecule has 4 heteroatoms. The van der Waals surface area contributed by atoms with E-state index < -0.39 is 18.0 Å². The fourth-order valence-corrected chi connectivity index (χ4v) is 1.39. The summed E-state index contributed by atoms with van der Waals surface area (Å²) in [5.74, 6) is -1.91. The molecular formula is C8H12O4. The number of carbonyl (C=O) groups is 2. The van der Waals surface area contributed by atoms with Crippen molar-refractivity contribution in [2.75, 3.05) is 0 Å². The van der Waals surface area contributed by atoms with Crippen LogP contribution < -0.4 is 0 Å². The van der Waals surface area contributed by atoms with Gasteiger partial charge in [0, 0.05) is 6.42 Å². The molecule has 0 saturated carbocycles. The number of Topliss-reactive ketones (excluding diaryl/α,β-unsaturated/α-hetero) is 1. The van der Waals surface area contributed by atoms with E-state index in [9.17, 15) is 14.7 Å². The fraction of sp³-hybridized carbons (Fsp3) is 0.750. The van der Waals surface area contributed by atoms with Gasteiger partial charge in [0.25, 0.3) is 0 Å². The molecule has 0 spiro atoms. The molecule has 1 N–H and O–H groups in total. The molecule has 68 valence electrons. The number of cyclic esters (lactones) is 1. The predicted octanol–water partition coefficient (Wildman–Crippen LogP) is -0.112. The predicted molar refractivity (Wildman–Crippen MR) is 40.3 cm³/mol. The van der Waals surface area contributed by atoms with E-state index in [0.29, 0.717) is 6.42 Å². The summed E-state index contributed by atoms with van der Waals surface area (Å²) in [6.07, 6.45) is -0.822. The molecule has 12 heavy (non-hydrogen) atoms. The Hall–Kier alpha value is -0.900. The van der Waals surface area contributed by atoms with Crippen molar-refractivity contribution >= 4 is 11.8 Å².